The Hall–Kier alpha value is -1.70. The molecule has 1 aromatic carbocycles. The average molecular weight is 254 g/mol. The Morgan fingerprint density at radius 1 is 1.00 bits per heavy atom. The van der Waals surface area contributed by atoms with Crippen LogP contribution in [0.25, 0.3) is 0 Å². The Balaban J connectivity index is 1.93. The highest BCUT2D eigenvalue weighted by molar-refractivity contribution is 5.33. The van der Waals surface area contributed by atoms with E-state index in [1.807, 2.05) is 0 Å². The maximum absolute atomic E-state index is 3.71. The molecule has 0 saturated heterocycles. The summed E-state index contributed by atoms with van der Waals surface area (Å²) in [6, 6.07) is 13.7. The Labute approximate surface area is 115 Å². The molecule has 100 valence electrons. The van der Waals surface area contributed by atoms with Crippen LogP contribution in [-0.4, -0.2) is 4.68 Å². The Kier molecular flexibility index (Phi) is 3.33. The molecule has 2 nitrogen and oxygen atoms in total. The summed E-state index contributed by atoms with van der Waals surface area (Å²) in [6.07, 6.45) is 5.04. The number of hydrogen-bond acceptors (Lipinski definition) is 1. The lowest BCUT2D eigenvalue weighted by atomic mass is 10.00. The predicted molar refractivity (Wildman–Crippen MR) is 80.0 cm³/mol. The van der Waals surface area contributed by atoms with E-state index in [9.17, 15) is 0 Å². The Morgan fingerprint density at radius 3 is 2.53 bits per heavy atom. The predicted octanol–water partition coefficient (Wildman–Crippen LogP) is 4.12. The molecule has 0 saturated carbocycles. The summed E-state index contributed by atoms with van der Waals surface area (Å²) in [4.78, 5) is 0. The molecule has 0 radical (unpaired) electrons. The second-order valence-corrected chi connectivity index (χ2v) is 5.58. The molecule has 19 heavy (non-hydrogen) atoms. The Bertz CT molecular complexity index is 549. The van der Waals surface area contributed by atoms with Crippen LogP contribution in [0.3, 0.4) is 0 Å². The van der Waals surface area contributed by atoms with Gasteiger partial charge in [-0.25, -0.2) is 0 Å². The van der Waals surface area contributed by atoms with Crippen LogP contribution >= 0.6 is 0 Å². The quantitative estimate of drug-likeness (QED) is 0.798. The highest BCUT2D eigenvalue weighted by Gasteiger charge is 2.18. The average Bonchev–Trinajstić information content (AvgIpc) is 2.65. The number of benzene rings is 1. The van der Waals surface area contributed by atoms with Crippen LogP contribution in [0.4, 0.5) is 0 Å². The van der Waals surface area contributed by atoms with E-state index in [4.69, 9.17) is 0 Å². The fraction of sp³-hybridized carbons (Fsp3) is 0.412. The molecular formula is C17H22N2. The van der Waals surface area contributed by atoms with Gasteiger partial charge in [0.2, 0.25) is 0 Å². The first-order chi connectivity index (χ1) is 9.25. The van der Waals surface area contributed by atoms with E-state index in [1.165, 1.54) is 48.2 Å². The van der Waals surface area contributed by atoms with Gasteiger partial charge in [0, 0.05) is 11.4 Å². The zero-order chi connectivity index (χ0) is 13.2. The summed E-state index contributed by atoms with van der Waals surface area (Å²) in [6.45, 7) is 4.31. The maximum Gasteiger partial charge on any atom is 0.0676 e. The Morgan fingerprint density at radius 2 is 1.74 bits per heavy atom. The zero-order valence-corrected chi connectivity index (χ0v) is 11.8. The second kappa shape index (κ2) is 5.12. The number of nitrogens with zero attached hydrogens (tertiary/aromatic N) is 1. The third-order valence-corrected chi connectivity index (χ3v) is 4.18. The molecule has 1 aromatic heterocycles. The summed E-state index contributed by atoms with van der Waals surface area (Å²) in [7, 11) is 0. The van der Waals surface area contributed by atoms with Crippen LogP contribution in [0, 0.1) is 13.8 Å². The van der Waals surface area contributed by atoms with Gasteiger partial charge in [-0.05, 0) is 56.4 Å². The lowest BCUT2D eigenvalue weighted by Gasteiger charge is -2.23. The number of aromatic nitrogens is 1. The molecule has 0 fully saturated rings. The molecule has 0 amide bonds. The van der Waals surface area contributed by atoms with Gasteiger partial charge in [0.15, 0.2) is 0 Å². The van der Waals surface area contributed by atoms with E-state index in [0.29, 0.717) is 6.04 Å². The van der Waals surface area contributed by atoms with Gasteiger partial charge in [-0.1, -0.05) is 30.7 Å². The minimum absolute atomic E-state index is 0.434. The maximum atomic E-state index is 3.71. The van der Waals surface area contributed by atoms with E-state index in [1.54, 1.807) is 0 Å². The van der Waals surface area contributed by atoms with Crippen molar-refractivity contribution in [2.24, 2.45) is 0 Å². The lowest BCUT2D eigenvalue weighted by Crippen LogP contribution is -2.23. The number of nitrogens with one attached hydrogen (secondary N) is 1. The normalized spacial score (nSPS) is 18.7. The molecule has 1 aliphatic carbocycles. The first-order valence-corrected chi connectivity index (χ1v) is 7.25. The van der Waals surface area contributed by atoms with Crippen molar-refractivity contribution in [3.05, 3.63) is 58.9 Å². The molecule has 0 spiro atoms. The molecular weight excluding hydrogens is 232 g/mol. The van der Waals surface area contributed by atoms with E-state index < -0.39 is 0 Å². The van der Waals surface area contributed by atoms with Crippen molar-refractivity contribution in [1.82, 2.24) is 4.68 Å². The van der Waals surface area contributed by atoms with E-state index in [2.05, 4.69) is 60.3 Å². The van der Waals surface area contributed by atoms with Gasteiger partial charge >= 0.3 is 0 Å². The van der Waals surface area contributed by atoms with Gasteiger partial charge in [-0.3, -0.25) is 4.68 Å². The van der Waals surface area contributed by atoms with Gasteiger partial charge in [0.25, 0.3) is 0 Å². The van der Waals surface area contributed by atoms with Crippen LogP contribution in [0.2, 0.25) is 0 Å². The van der Waals surface area contributed by atoms with Crippen molar-refractivity contribution < 1.29 is 0 Å². The van der Waals surface area contributed by atoms with Crippen molar-refractivity contribution >= 4 is 0 Å². The smallest absolute Gasteiger partial charge is 0.0676 e. The van der Waals surface area contributed by atoms with Gasteiger partial charge in [0.1, 0.15) is 0 Å². The molecule has 1 unspecified atom stereocenters. The molecule has 1 N–H and O–H groups in total. The zero-order valence-electron chi connectivity index (χ0n) is 11.8. The third-order valence-electron chi connectivity index (χ3n) is 4.18. The van der Waals surface area contributed by atoms with Gasteiger partial charge < -0.3 is 5.43 Å². The molecule has 3 rings (SSSR count). The molecule has 0 aliphatic heterocycles. The summed E-state index contributed by atoms with van der Waals surface area (Å²) >= 11 is 0. The molecule has 1 atom stereocenters. The minimum Gasteiger partial charge on any atom is -0.318 e. The van der Waals surface area contributed by atoms with E-state index in [0.717, 1.165) is 0 Å². The molecule has 2 aromatic rings. The first-order valence-electron chi connectivity index (χ1n) is 7.25. The van der Waals surface area contributed by atoms with Gasteiger partial charge in [-0.2, -0.15) is 0 Å². The summed E-state index contributed by atoms with van der Waals surface area (Å²) in [5.74, 6) is 0. The van der Waals surface area contributed by atoms with Crippen LogP contribution in [0.5, 0.6) is 0 Å². The van der Waals surface area contributed by atoms with Crippen molar-refractivity contribution in [2.45, 2.75) is 45.6 Å². The number of hydrogen-bond donors (Lipinski definition) is 1. The number of fused-ring (bicyclic) bond motifs is 1. The molecule has 2 heteroatoms. The van der Waals surface area contributed by atoms with Gasteiger partial charge in [0.05, 0.1) is 6.04 Å². The fourth-order valence-electron chi connectivity index (χ4n) is 3.08. The molecule has 1 heterocycles. The molecule has 1 aliphatic rings. The van der Waals surface area contributed by atoms with Crippen molar-refractivity contribution in [1.29, 1.82) is 0 Å². The van der Waals surface area contributed by atoms with Gasteiger partial charge in [-0.15, -0.1) is 0 Å². The lowest BCUT2D eigenvalue weighted by molar-refractivity contribution is 0.586. The standard InChI is InChI=1S/C17H22N2/c1-13-11-12-14(2)19(13)18-17-10-6-4-8-15-7-3-5-9-16(15)17/h3,5,7,9,11-12,17-18H,4,6,8,10H2,1-2H3. The topological polar surface area (TPSA) is 17.0 Å². The van der Waals surface area contributed by atoms with Crippen LogP contribution in [0.15, 0.2) is 36.4 Å². The highest BCUT2D eigenvalue weighted by Crippen LogP contribution is 2.29. The summed E-state index contributed by atoms with van der Waals surface area (Å²) < 4.78 is 2.23. The summed E-state index contributed by atoms with van der Waals surface area (Å²) in [5, 5.41) is 0. The van der Waals surface area contributed by atoms with Crippen LogP contribution in [-0.2, 0) is 6.42 Å². The summed E-state index contributed by atoms with van der Waals surface area (Å²) in [5.41, 5.74) is 9.26. The monoisotopic (exact) mass is 254 g/mol. The minimum atomic E-state index is 0.434. The highest BCUT2D eigenvalue weighted by atomic mass is 15.4. The van der Waals surface area contributed by atoms with Crippen molar-refractivity contribution in [2.75, 3.05) is 5.43 Å². The van der Waals surface area contributed by atoms with Crippen molar-refractivity contribution in [3.63, 3.8) is 0 Å². The molecule has 0 bridgehead atoms. The van der Waals surface area contributed by atoms with Crippen LogP contribution in [0.1, 0.15) is 47.8 Å². The largest absolute Gasteiger partial charge is 0.318 e. The fourth-order valence-corrected chi connectivity index (χ4v) is 3.08. The third kappa shape index (κ3) is 2.40. The van der Waals surface area contributed by atoms with Crippen molar-refractivity contribution in [3.8, 4) is 0 Å². The first kappa shape index (κ1) is 12.3. The number of rotatable bonds is 2. The van der Waals surface area contributed by atoms with E-state index in [-0.39, 0.29) is 0 Å². The SMILES string of the molecule is Cc1ccc(C)n1NC1CCCCc2ccccc21. The van der Waals surface area contributed by atoms with Crippen LogP contribution < -0.4 is 5.43 Å². The number of aryl methyl sites for hydroxylation is 3. The second-order valence-electron chi connectivity index (χ2n) is 5.58. The van der Waals surface area contributed by atoms with E-state index >= 15 is 0 Å².